The summed E-state index contributed by atoms with van der Waals surface area (Å²) in [6.07, 6.45) is 0.796. The third kappa shape index (κ3) is 7.72. The SMILES string of the molecule is CC[C@@H](CN(C)S(=O)(=O)C1CC1)N1C(=O)[C@](C)(CC(=O)NC[C@H](O)CO)C[C@H](c2cccc(Cl)c2)[C@H]1c1ccc(Cl)cc1. The van der Waals surface area contributed by atoms with E-state index in [1.165, 1.54) is 4.31 Å². The van der Waals surface area contributed by atoms with Gasteiger partial charge < -0.3 is 20.4 Å². The molecule has 4 rings (SSSR count). The van der Waals surface area contributed by atoms with Crippen LogP contribution in [0.2, 0.25) is 10.0 Å². The fourth-order valence-corrected chi connectivity index (χ4v) is 8.04. The number of carbonyl (C=O) groups excluding carboxylic acids is 2. The zero-order valence-electron chi connectivity index (χ0n) is 24.7. The molecule has 1 heterocycles. The van der Waals surface area contributed by atoms with Crippen molar-refractivity contribution >= 4 is 45.0 Å². The van der Waals surface area contributed by atoms with Crippen LogP contribution in [-0.2, 0) is 19.6 Å². The van der Waals surface area contributed by atoms with Crippen molar-refractivity contribution in [1.29, 1.82) is 0 Å². The van der Waals surface area contributed by atoms with Crippen LogP contribution < -0.4 is 5.32 Å². The molecule has 236 valence electrons. The van der Waals surface area contributed by atoms with Gasteiger partial charge in [0, 0.05) is 48.6 Å². The number of likely N-dealkylation sites (tertiary alicyclic amines) is 1. The van der Waals surface area contributed by atoms with E-state index in [9.17, 15) is 23.1 Å². The number of piperidine rings is 1. The number of sulfonamides is 1. The zero-order chi connectivity index (χ0) is 31.5. The van der Waals surface area contributed by atoms with E-state index in [4.69, 9.17) is 28.3 Å². The Hall–Kier alpha value is -2.21. The minimum Gasteiger partial charge on any atom is -0.394 e. The van der Waals surface area contributed by atoms with Crippen LogP contribution in [0.1, 0.15) is 69.0 Å². The van der Waals surface area contributed by atoms with E-state index in [-0.39, 0.29) is 36.6 Å². The number of rotatable bonds is 13. The quantitative estimate of drug-likeness (QED) is 0.299. The van der Waals surface area contributed by atoms with E-state index in [1.807, 2.05) is 37.3 Å². The van der Waals surface area contributed by atoms with E-state index >= 15 is 0 Å². The first-order valence-corrected chi connectivity index (χ1v) is 16.9. The van der Waals surface area contributed by atoms with Crippen molar-refractivity contribution in [3.63, 3.8) is 0 Å². The molecule has 0 bridgehead atoms. The number of aliphatic hydroxyl groups is 2. The Morgan fingerprint density at radius 1 is 1.14 bits per heavy atom. The molecule has 2 aromatic carbocycles. The van der Waals surface area contributed by atoms with Crippen LogP contribution in [-0.4, -0.2) is 83.8 Å². The fourth-order valence-electron chi connectivity index (χ4n) is 6.10. The van der Waals surface area contributed by atoms with Crippen LogP contribution in [0.25, 0.3) is 0 Å². The van der Waals surface area contributed by atoms with Crippen LogP contribution in [0.15, 0.2) is 48.5 Å². The van der Waals surface area contributed by atoms with E-state index in [0.717, 1.165) is 11.1 Å². The second-order valence-corrected chi connectivity index (χ2v) is 15.2. The molecule has 2 aromatic rings. The van der Waals surface area contributed by atoms with Crippen molar-refractivity contribution in [3.05, 3.63) is 69.7 Å². The van der Waals surface area contributed by atoms with Gasteiger partial charge in [-0.3, -0.25) is 9.59 Å². The third-order valence-electron chi connectivity index (χ3n) is 8.60. The highest BCUT2D eigenvalue weighted by molar-refractivity contribution is 7.90. The number of amides is 2. The molecule has 12 heteroatoms. The van der Waals surface area contributed by atoms with Crippen LogP contribution in [0, 0.1) is 5.41 Å². The van der Waals surface area contributed by atoms with Gasteiger partial charge in [-0.15, -0.1) is 0 Å². The smallest absolute Gasteiger partial charge is 0.229 e. The first-order chi connectivity index (χ1) is 20.3. The lowest BCUT2D eigenvalue weighted by Gasteiger charge is -2.52. The molecule has 0 spiro atoms. The van der Waals surface area contributed by atoms with Crippen LogP contribution in [0.5, 0.6) is 0 Å². The molecule has 0 radical (unpaired) electrons. The first kappa shape index (κ1) is 33.7. The molecule has 1 aliphatic heterocycles. The second-order valence-electron chi connectivity index (χ2n) is 12.0. The molecule has 43 heavy (non-hydrogen) atoms. The predicted molar refractivity (Wildman–Crippen MR) is 167 cm³/mol. The van der Waals surface area contributed by atoms with Crippen LogP contribution in [0.4, 0.5) is 0 Å². The average molecular weight is 655 g/mol. The molecular weight excluding hydrogens is 613 g/mol. The van der Waals surface area contributed by atoms with Gasteiger partial charge in [0.05, 0.1) is 29.4 Å². The molecule has 2 fully saturated rings. The summed E-state index contributed by atoms with van der Waals surface area (Å²) < 4.78 is 27.7. The Kier molecular flexibility index (Phi) is 10.8. The maximum Gasteiger partial charge on any atom is 0.229 e. The maximum absolute atomic E-state index is 14.7. The summed E-state index contributed by atoms with van der Waals surface area (Å²) in [5, 5.41) is 22.2. The molecule has 0 aromatic heterocycles. The largest absolute Gasteiger partial charge is 0.394 e. The zero-order valence-corrected chi connectivity index (χ0v) is 27.1. The Balaban J connectivity index is 1.81. The lowest BCUT2D eigenvalue weighted by Crippen LogP contribution is -2.58. The highest BCUT2D eigenvalue weighted by Crippen LogP contribution is 2.52. The van der Waals surface area contributed by atoms with Crippen LogP contribution in [0.3, 0.4) is 0 Å². The molecule has 5 atom stereocenters. The molecule has 1 saturated heterocycles. The highest BCUT2D eigenvalue weighted by atomic mass is 35.5. The number of hydrogen-bond acceptors (Lipinski definition) is 6. The number of halogens is 2. The fraction of sp³-hybridized carbons (Fsp3) is 0.548. The van der Waals surface area contributed by atoms with E-state index in [0.29, 0.717) is 35.7 Å². The maximum atomic E-state index is 14.7. The van der Waals surface area contributed by atoms with Gasteiger partial charge in [-0.1, -0.05) is 61.3 Å². The molecule has 9 nitrogen and oxygen atoms in total. The van der Waals surface area contributed by atoms with Gasteiger partial charge in [-0.05, 0) is 61.1 Å². The number of benzene rings is 2. The van der Waals surface area contributed by atoms with E-state index < -0.39 is 46.1 Å². The molecule has 1 saturated carbocycles. The van der Waals surface area contributed by atoms with Crippen molar-refractivity contribution in [1.82, 2.24) is 14.5 Å². The number of aliphatic hydroxyl groups excluding tert-OH is 2. The van der Waals surface area contributed by atoms with Gasteiger partial charge in [0.1, 0.15) is 0 Å². The average Bonchev–Trinajstić information content (AvgIpc) is 3.83. The van der Waals surface area contributed by atoms with Crippen molar-refractivity contribution in [2.45, 2.75) is 75.3 Å². The van der Waals surface area contributed by atoms with Crippen molar-refractivity contribution in [3.8, 4) is 0 Å². The van der Waals surface area contributed by atoms with Gasteiger partial charge in [0.15, 0.2) is 0 Å². The van der Waals surface area contributed by atoms with Gasteiger partial charge in [-0.2, -0.15) is 0 Å². The topological polar surface area (TPSA) is 127 Å². The second kappa shape index (κ2) is 13.8. The standard InChI is InChI=1S/C31H41Cl2N3O6S/c1-4-24(18-35(3)43(41,42)26-12-13-26)36-29(20-8-10-22(32)11-9-20)27(21-6-5-7-23(33)14-21)15-31(2,30(36)40)16-28(39)34-17-25(38)19-37/h5-11,14,24-27,29,37-38H,4,12-13,15-19H2,1-3H3,(H,34,39)/t24-,25-,27+,29+,31-/m0/s1. The minimum absolute atomic E-state index is 0.110. The van der Waals surface area contributed by atoms with E-state index in [2.05, 4.69) is 5.32 Å². The predicted octanol–water partition coefficient (Wildman–Crippen LogP) is 4.12. The lowest BCUT2D eigenvalue weighted by atomic mass is 9.67. The van der Waals surface area contributed by atoms with Gasteiger partial charge >= 0.3 is 0 Å². The molecule has 1 aliphatic carbocycles. The first-order valence-electron chi connectivity index (χ1n) is 14.6. The minimum atomic E-state index is -3.50. The van der Waals surface area contributed by atoms with Crippen molar-refractivity contribution < 1.29 is 28.2 Å². The number of hydrogen-bond donors (Lipinski definition) is 3. The number of nitrogens with zero attached hydrogens (tertiary/aromatic N) is 2. The summed E-state index contributed by atoms with van der Waals surface area (Å²) in [6, 6.07) is 13.8. The normalized spacial score (nSPS) is 24.2. The van der Waals surface area contributed by atoms with Gasteiger partial charge in [0.2, 0.25) is 21.8 Å². The number of nitrogens with one attached hydrogen (secondary N) is 1. The third-order valence-corrected chi connectivity index (χ3v) is 11.4. The van der Waals surface area contributed by atoms with Crippen molar-refractivity contribution in [2.75, 3.05) is 26.7 Å². The Bertz CT molecular complexity index is 1400. The molecule has 2 aliphatic rings. The van der Waals surface area contributed by atoms with Gasteiger partial charge in [-0.25, -0.2) is 12.7 Å². The summed E-state index contributed by atoms with van der Waals surface area (Å²) in [5.41, 5.74) is 0.568. The Morgan fingerprint density at radius 3 is 2.40 bits per heavy atom. The molecular formula is C31H41Cl2N3O6S. The Morgan fingerprint density at radius 2 is 1.81 bits per heavy atom. The summed E-state index contributed by atoms with van der Waals surface area (Å²) in [5.74, 6) is -0.981. The lowest BCUT2D eigenvalue weighted by molar-refractivity contribution is -0.157. The summed E-state index contributed by atoms with van der Waals surface area (Å²) in [4.78, 5) is 29.6. The Labute approximate surface area is 264 Å². The van der Waals surface area contributed by atoms with Crippen LogP contribution >= 0.6 is 23.2 Å². The molecule has 3 N–H and O–H groups in total. The highest BCUT2D eigenvalue weighted by Gasteiger charge is 2.52. The molecule has 2 amide bonds. The van der Waals surface area contributed by atoms with Crippen molar-refractivity contribution in [2.24, 2.45) is 5.41 Å². The summed E-state index contributed by atoms with van der Waals surface area (Å²) in [7, 11) is -1.93. The molecule has 0 unspecified atom stereocenters. The number of carbonyl (C=O) groups is 2. The summed E-state index contributed by atoms with van der Waals surface area (Å²) in [6.45, 7) is 3.16. The van der Waals surface area contributed by atoms with Gasteiger partial charge in [0.25, 0.3) is 0 Å². The monoisotopic (exact) mass is 653 g/mol. The number of likely N-dealkylation sites (N-methyl/N-ethyl adjacent to an activating group) is 1. The van der Waals surface area contributed by atoms with E-state index in [1.54, 1.807) is 37.1 Å². The summed E-state index contributed by atoms with van der Waals surface area (Å²) >= 11 is 12.7.